The first-order valence-electron chi connectivity index (χ1n) is 6.42. The van der Waals surface area contributed by atoms with E-state index in [1.165, 1.54) is 12.1 Å². The Morgan fingerprint density at radius 3 is 2.45 bits per heavy atom. The van der Waals surface area contributed by atoms with Crippen molar-refractivity contribution in [2.45, 2.75) is 19.4 Å². The summed E-state index contributed by atoms with van der Waals surface area (Å²) in [6.07, 6.45) is 1.73. The molecule has 0 bridgehead atoms. The summed E-state index contributed by atoms with van der Waals surface area (Å²) in [6, 6.07) is 11.9. The van der Waals surface area contributed by atoms with Crippen LogP contribution < -0.4 is 0 Å². The standard InChI is InChI=1S/C16H15FN2O/c1-16(2,20)14-4-3-5-15-13(14)10-18-19(15)12-8-6-11(17)7-9-12/h3-10,20H,1-2H3. The lowest BCUT2D eigenvalue weighted by atomic mass is 9.95. The van der Waals surface area contributed by atoms with Crippen LogP contribution in [0, 0.1) is 5.82 Å². The fourth-order valence-electron chi connectivity index (χ4n) is 2.37. The molecule has 20 heavy (non-hydrogen) atoms. The second-order valence-corrected chi connectivity index (χ2v) is 5.33. The summed E-state index contributed by atoms with van der Waals surface area (Å²) in [5, 5.41) is 15.5. The van der Waals surface area contributed by atoms with Crippen LogP contribution in [-0.4, -0.2) is 14.9 Å². The van der Waals surface area contributed by atoms with Crippen molar-refractivity contribution in [3.63, 3.8) is 0 Å². The van der Waals surface area contributed by atoms with Gasteiger partial charge in [0.15, 0.2) is 0 Å². The zero-order valence-corrected chi connectivity index (χ0v) is 11.3. The average Bonchev–Trinajstić information content (AvgIpc) is 2.82. The summed E-state index contributed by atoms with van der Waals surface area (Å²) < 4.78 is 14.7. The number of aromatic nitrogens is 2. The number of rotatable bonds is 2. The highest BCUT2D eigenvalue weighted by atomic mass is 19.1. The zero-order valence-electron chi connectivity index (χ0n) is 11.3. The molecule has 1 N–H and O–H groups in total. The maximum atomic E-state index is 13.0. The Balaban J connectivity index is 2.22. The first-order valence-corrected chi connectivity index (χ1v) is 6.42. The molecule has 0 unspecified atom stereocenters. The van der Waals surface area contributed by atoms with Gasteiger partial charge >= 0.3 is 0 Å². The fraction of sp³-hybridized carbons (Fsp3) is 0.188. The zero-order chi connectivity index (χ0) is 14.3. The Labute approximate surface area is 116 Å². The average molecular weight is 270 g/mol. The number of halogens is 1. The van der Waals surface area contributed by atoms with Gasteiger partial charge < -0.3 is 5.11 Å². The molecule has 0 aliphatic carbocycles. The van der Waals surface area contributed by atoms with Gasteiger partial charge in [0.25, 0.3) is 0 Å². The summed E-state index contributed by atoms with van der Waals surface area (Å²) >= 11 is 0. The van der Waals surface area contributed by atoms with Crippen LogP contribution in [0.4, 0.5) is 4.39 Å². The van der Waals surface area contributed by atoms with Crippen molar-refractivity contribution in [2.75, 3.05) is 0 Å². The third-order valence-electron chi connectivity index (χ3n) is 3.34. The maximum absolute atomic E-state index is 13.0. The molecule has 0 fully saturated rings. The highest BCUT2D eigenvalue weighted by molar-refractivity contribution is 5.84. The molecule has 4 heteroatoms. The van der Waals surface area contributed by atoms with E-state index in [1.807, 2.05) is 18.2 Å². The van der Waals surface area contributed by atoms with E-state index < -0.39 is 5.60 Å². The van der Waals surface area contributed by atoms with Gasteiger partial charge in [0, 0.05) is 5.39 Å². The molecule has 0 atom stereocenters. The van der Waals surface area contributed by atoms with Gasteiger partial charge in [-0.15, -0.1) is 0 Å². The first-order chi connectivity index (χ1) is 9.47. The molecule has 0 saturated heterocycles. The first kappa shape index (κ1) is 12.8. The molecule has 3 nitrogen and oxygen atoms in total. The topological polar surface area (TPSA) is 38.1 Å². The number of hydrogen-bond acceptors (Lipinski definition) is 2. The van der Waals surface area contributed by atoms with E-state index in [4.69, 9.17) is 0 Å². The van der Waals surface area contributed by atoms with Crippen molar-refractivity contribution in [1.29, 1.82) is 0 Å². The molecule has 0 radical (unpaired) electrons. The van der Waals surface area contributed by atoms with Crippen LogP contribution in [0.3, 0.4) is 0 Å². The second-order valence-electron chi connectivity index (χ2n) is 5.33. The summed E-state index contributed by atoms with van der Waals surface area (Å²) in [6.45, 7) is 3.49. The number of fused-ring (bicyclic) bond motifs is 1. The lowest BCUT2D eigenvalue weighted by Crippen LogP contribution is -2.15. The minimum Gasteiger partial charge on any atom is -0.386 e. The molecule has 0 spiro atoms. The van der Waals surface area contributed by atoms with E-state index in [0.29, 0.717) is 0 Å². The number of nitrogens with zero attached hydrogens (tertiary/aromatic N) is 2. The summed E-state index contributed by atoms with van der Waals surface area (Å²) in [4.78, 5) is 0. The van der Waals surface area contributed by atoms with Crippen LogP contribution in [0.2, 0.25) is 0 Å². The molecule has 0 aliphatic heterocycles. The van der Waals surface area contributed by atoms with E-state index in [0.717, 1.165) is 22.2 Å². The molecule has 3 aromatic rings. The van der Waals surface area contributed by atoms with Crippen LogP contribution in [-0.2, 0) is 5.60 Å². The lowest BCUT2D eigenvalue weighted by molar-refractivity contribution is 0.0802. The van der Waals surface area contributed by atoms with E-state index in [1.54, 1.807) is 36.9 Å². The molecule has 0 amide bonds. The van der Waals surface area contributed by atoms with E-state index >= 15 is 0 Å². The number of hydrogen-bond donors (Lipinski definition) is 1. The highest BCUT2D eigenvalue weighted by Gasteiger charge is 2.20. The van der Waals surface area contributed by atoms with Crippen LogP contribution in [0.15, 0.2) is 48.7 Å². The van der Waals surface area contributed by atoms with Gasteiger partial charge in [0.05, 0.1) is 23.0 Å². The van der Waals surface area contributed by atoms with Crippen molar-refractivity contribution in [1.82, 2.24) is 9.78 Å². The van der Waals surface area contributed by atoms with Gasteiger partial charge in [-0.25, -0.2) is 9.07 Å². The SMILES string of the molecule is CC(C)(O)c1cccc2c1cnn2-c1ccc(F)cc1. The molecule has 2 aromatic carbocycles. The van der Waals surface area contributed by atoms with E-state index in [-0.39, 0.29) is 5.82 Å². The van der Waals surface area contributed by atoms with Gasteiger partial charge in [-0.05, 0) is 49.7 Å². The summed E-state index contributed by atoms with van der Waals surface area (Å²) in [7, 11) is 0. The molecular weight excluding hydrogens is 255 g/mol. The third kappa shape index (κ3) is 2.08. The monoisotopic (exact) mass is 270 g/mol. The van der Waals surface area contributed by atoms with Crippen LogP contribution in [0.1, 0.15) is 19.4 Å². The van der Waals surface area contributed by atoms with Gasteiger partial charge in [-0.3, -0.25) is 0 Å². The Bertz CT molecular complexity index is 754. The molecule has 0 aliphatic rings. The second kappa shape index (κ2) is 4.42. The predicted octanol–water partition coefficient (Wildman–Crippen LogP) is 3.39. The van der Waals surface area contributed by atoms with Crippen LogP contribution in [0.25, 0.3) is 16.6 Å². The maximum Gasteiger partial charge on any atom is 0.123 e. The summed E-state index contributed by atoms with van der Waals surface area (Å²) in [5.74, 6) is -0.276. The number of benzene rings is 2. The molecule has 1 aromatic heterocycles. The highest BCUT2D eigenvalue weighted by Crippen LogP contribution is 2.29. The van der Waals surface area contributed by atoms with Crippen LogP contribution >= 0.6 is 0 Å². The normalized spacial score (nSPS) is 12.0. The minimum absolute atomic E-state index is 0.276. The van der Waals surface area contributed by atoms with Gasteiger partial charge in [0.1, 0.15) is 5.82 Å². The Morgan fingerprint density at radius 1 is 1.10 bits per heavy atom. The quantitative estimate of drug-likeness (QED) is 0.775. The molecular formula is C16H15FN2O. The molecule has 102 valence electrons. The van der Waals surface area contributed by atoms with E-state index in [9.17, 15) is 9.50 Å². The lowest BCUT2D eigenvalue weighted by Gasteiger charge is -2.18. The summed E-state index contributed by atoms with van der Waals surface area (Å²) in [5.41, 5.74) is 1.56. The van der Waals surface area contributed by atoms with Crippen molar-refractivity contribution < 1.29 is 9.50 Å². The van der Waals surface area contributed by atoms with Crippen molar-refractivity contribution in [2.24, 2.45) is 0 Å². The predicted molar refractivity (Wildman–Crippen MR) is 76.3 cm³/mol. The van der Waals surface area contributed by atoms with Crippen molar-refractivity contribution in [3.8, 4) is 5.69 Å². The Kier molecular flexibility index (Phi) is 2.83. The van der Waals surface area contributed by atoms with E-state index in [2.05, 4.69) is 5.10 Å². The fourth-order valence-corrected chi connectivity index (χ4v) is 2.37. The van der Waals surface area contributed by atoms with Crippen molar-refractivity contribution >= 4 is 10.9 Å². The van der Waals surface area contributed by atoms with Crippen LogP contribution in [0.5, 0.6) is 0 Å². The Hall–Kier alpha value is -2.20. The van der Waals surface area contributed by atoms with Gasteiger partial charge in [0.2, 0.25) is 0 Å². The molecule has 1 heterocycles. The molecule has 0 saturated carbocycles. The smallest absolute Gasteiger partial charge is 0.123 e. The largest absolute Gasteiger partial charge is 0.386 e. The van der Waals surface area contributed by atoms with Gasteiger partial charge in [-0.2, -0.15) is 5.10 Å². The molecule has 3 rings (SSSR count). The number of aliphatic hydroxyl groups is 1. The minimum atomic E-state index is -0.934. The van der Waals surface area contributed by atoms with Crippen molar-refractivity contribution in [3.05, 3.63) is 60.0 Å². The Morgan fingerprint density at radius 2 is 1.80 bits per heavy atom. The van der Waals surface area contributed by atoms with Gasteiger partial charge in [-0.1, -0.05) is 12.1 Å². The third-order valence-corrected chi connectivity index (χ3v) is 3.34.